The second-order valence-corrected chi connectivity index (χ2v) is 5.35. The van der Waals surface area contributed by atoms with Crippen molar-refractivity contribution in [3.8, 4) is 12.3 Å². The van der Waals surface area contributed by atoms with Crippen LogP contribution in [0.3, 0.4) is 0 Å². The lowest BCUT2D eigenvalue weighted by molar-refractivity contribution is 0.577. The van der Waals surface area contributed by atoms with Gasteiger partial charge < -0.3 is 5.73 Å². The molecule has 0 atom stereocenters. The second-order valence-electron chi connectivity index (χ2n) is 3.61. The molecule has 94 valence electrons. The SMILES string of the molecule is C#CCCCCNS(=O)(=O)c1cn(C)nc1N. The van der Waals surface area contributed by atoms with E-state index >= 15 is 0 Å². The quantitative estimate of drug-likeness (QED) is 0.557. The number of rotatable bonds is 6. The molecule has 0 spiro atoms. The van der Waals surface area contributed by atoms with E-state index in [4.69, 9.17) is 12.2 Å². The molecule has 3 N–H and O–H groups in total. The van der Waals surface area contributed by atoms with E-state index in [-0.39, 0.29) is 10.7 Å². The number of nitrogens with two attached hydrogens (primary N) is 1. The third-order valence-corrected chi connectivity index (χ3v) is 3.63. The molecular weight excluding hydrogens is 240 g/mol. The Morgan fingerprint density at radius 3 is 2.82 bits per heavy atom. The Morgan fingerprint density at radius 2 is 2.29 bits per heavy atom. The number of hydrogen-bond acceptors (Lipinski definition) is 4. The van der Waals surface area contributed by atoms with E-state index in [9.17, 15) is 8.42 Å². The fourth-order valence-electron chi connectivity index (χ4n) is 1.33. The lowest BCUT2D eigenvalue weighted by atomic mass is 10.2. The van der Waals surface area contributed by atoms with E-state index in [1.54, 1.807) is 7.05 Å². The summed E-state index contributed by atoms with van der Waals surface area (Å²) in [5.74, 6) is 2.50. The number of nitrogens with zero attached hydrogens (tertiary/aromatic N) is 2. The largest absolute Gasteiger partial charge is 0.381 e. The molecule has 0 fully saturated rings. The molecule has 0 aliphatic carbocycles. The van der Waals surface area contributed by atoms with Crippen LogP contribution < -0.4 is 10.5 Å². The third kappa shape index (κ3) is 3.76. The maximum absolute atomic E-state index is 11.8. The molecule has 0 amide bonds. The Labute approximate surface area is 101 Å². The summed E-state index contributed by atoms with van der Waals surface area (Å²) >= 11 is 0. The van der Waals surface area contributed by atoms with Crippen molar-refractivity contribution in [2.45, 2.75) is 24.2 Å². The monoisotopic (exact) mass is 256 g/mol. The van der Waals surface area contributed by atoms with Gasteiger partial charge in [-0.1, -0.05) is 0 Å². The molecule has 0 saturated carbocycles. The zero-order chi connectivity index (χ0) is 12.9. The second kappa shape index (κ2) is 5.70. The summed E-state index contributed by atoms with van der Waals surface area (Å²) in [6.07, 6.45) is 8.61. The Kier molecular flexibility index (Phi) is 4.54. The molecular formula is C10H16N4O2S. The highest BCUT2D eigenvalue weighted by Gasteiger charge is 2.19. The minimum atomic E-state index is -3.57. The van der Waals surface area contributed by atoms with Crippen LogP contribution in [0.25, 0.3) is 0 Å². The molecule has 6 nitrogen and oxygen atoms in total. The summed E-state index contributed by atoms with van der Waals surface area (Å²) in [6.45, 7) is 0.346. The van der Waals surface area contributed by atoms with Gasteiger partial charge in [-0.2, -0.15) is 5.10 Å². The molecule has 0 unspecified atom stereocenters. The number of aromatic nitrogens is 2. The average Bonchev–Trinajstić information content (AvgIpc) is 2.58. The molecule has 0 aromatic carbocycles. The summed E-state index contributed by atoms with van der Waals surface area (Å²) in [5.41, 5.74) is 5.50. The van der Waals surface area contributed by atoms with Gasteiger partial charge in [-0.15, -0.1) is 12.3 Å². The molecule has 0 radical (unpaired) electrons. The summed E-state index contributed by atoms with van der Waals surface area (Å²) < 4.78 is 27.5. The minimum Gasteiger partial charge on any atom is -0.381 e. The lowest BCUT2D eigenvalue weighted by Gasteiger charge is -2.04. The van der Waals surface area contributed by atoms with Crippen molar-refractivity contribution < 1.29 is 8.42 Å². The highest BCUT2D eigenvalue weighted by Crippen LogP contribution is 2.14. The van der Waals surface area contributed by atoms with Crippen LogP contribution in [0.2, 0.25) is 0 Å². The molecule has 0 aliphatic heterocycles. The number of aryl methyl sites for hydroxylation is 1. The standard InChI is InChI=1S/C10H16N4O2S/c1-3-4-5-6-7-12-17(15,16)9-8-14(2)13-10(9)11/h1,8,12H,4-7H2,2H3,(H2,11,13). The number of unbranched alkanes of at least 4 members (excludes halogenated alkanes) is 2. The predicted octanol–water partition coefficient (Wildman–Crippen LogP) is 0.0841. The first-order valence-electron chi connectivity index (χ1n) is 5.19. The van der Waals surface area contributed by atoms with Gasteiger partial charge in [0.15, 0.2) is 5.82 Å². The van der Waals surface area contributed by atoms with Crippen LogP contribution in [0.1, 0.15) is 19.3 Å². The van der Waals surface area contributed by atoms with Crippen molar-refractivity contribution in [2.75, 3.05) is 12.3 Å². The van der Waals surface area contributed by atoms with E-state index in [0.717, 1.165) is 6.42 Å². The van der Waals surface area contributed by atoms with Gasteiger partial charge in [-0.3, -0.25) is 4.68 Å². The molecule has 0 saturated heterocycles. The number of hydrogen-bond donors (Lipinski definition) is 2. The number of terminal acetylenes is 1. The summed E-state index contributed by atoms with van der Waals surface area (Å²) in [6, 6.07) is 0. The zero-order valence-corrected chi connectivity index (χ0v) is 10.5. The van der Waals surface area contributed by atoms with Crippen LogP contribution in [-0.2, 0) is 17.1 Å². The van der Waals surface area contributed by atoms with Gasteiger partial charge in [0.05, 0.1) is 0 Å². The molecule has 1 heterocycles. The highest BCUT2D eigenvalue weighted by atomic mass is 32.2. The Bertz CT molecular complexity index is 513. The normalized spacial score (nSPS) is 11.3. The number of anilines is 1. The average molecular weight is 256 g/mol. The van der Waals surface area contributed by atoms with Crippen molar-refractivity contribution >= 4 is 15.8 Å². The smallest absolute Gasteiger partial charge is 0.245 e. The van der Waals surface area contributed by atoms with Crippen molar-refractivity contribution in [1.29, 1.82) is 0 Å². The molecule has 0 bridgehead atoms. The van der Waals surface area contributed by atoms with Crippen LogP contribution in [0.4, 0.5) is 5.82 Å². The molecule has 1 aromatic rings. The molecule has 1 aromatic heterocycles. The summed E-state index contributed by atoms with van der Waals surface area (Å²) in [5, 5.41) is 3.78. The maximum Gasteiger partial charge on any atom is 0.245 e. The number of nitrogen functional groups attached to an aromatic ring is 1. The third-order valence-electron chi connectivity index (χ3n) is 2.15. The topological polar surface area (TPSA) is 90.0 Å². The van der Waals surface area contributed by atoms with Crippen LogP contribution in [0.5, 0.6) is 0 Å². The van der Waals surface area contributed by atoms with Crippen molar-refractivity contribution in [1.82, 2.24) is 14.5 Å². The van der Waals surface area contributed by atoms with Crippen LogP contribution in [0, 0.1) is 12.3 Å². The molecule has 7 heteroatoms. The molecule has 17 heavy (non-hydrogen) atoms. The number of sulfonamides is 1. The first-order chi connectivity index (χ1) is 7.97. The predicted molar refractivity (Wildman–Crippen MR) is 65.5 cm³/mol. The van der Waals surface area contributed by atoms with Crippen molar-refractivity contribution in [2.24, 2.45) is 7.05 Å². The van der Waals surface area contributed by atoms with Gasteiger partial charge in [-0.25, -0.2) is 13.1 Å². The van der Waals surface area contributed by atoms with Crippen molar-refractivity contribution in [3.05, 3.63) is 6.20 Å². The van der Waals surface area contributed by atoms with Crippen LogP contribution in [0.15, 0.2) is 11.1 Å². The highest BCUT2D eigenvalue weighted by molar-refractivity contribution is 7.89. The van der Waals surface area contributed by atoms with Gasteiger partial charge in [0, 0.05) is 26.2 Å². The fourth-order valence-corrected chi connectivity index (χ4v) is 2.50. The van der Waals surface area contributed by atoms with E-state index in [1.165, 1.54) is 10.9 Å². The molecule has 1 rings (SSSR count). The Balaban J connectivity index is 2.58. The van der Waals surface area contributed by atoms with E-state index < -0.39 is 10.0 Å². The minimum absolute atomic E-state index is 0.00336. The van der Waals surface area contributed by atoms with Crippen LogP contribution >= 0.6 is 0 Å². The zero-order valence-electron chi connectivity index (χ0n) is 9.68. The summed E-state index contributed by atoms with van der Waals surface area (Å²) in [4.78, 5) is 0.0111. The first-order valence-corrected chi connectivity index (χ1v) is 6.68. The van der Waals surface area contributed by atoms with E-state index in [2.05, 4.69) is 15.7 Å². The van der Waals surface area contributed by atoms with E-state index in [1.807, 2.05) is 0 Å². The number of nitrogens with one attached hydrogen (secondary N) is 1. The maximum atomic E-state index is 11.8. The molecule has 0 aliphatic rings. The first kappa shape index (κ1) is 13.5. The van der Waals surface area contributed by atoms with E-state index in [0.29, 0.717) is 19.4 Å². The Hall–Kier alpha value is -1.52. The van der Waals surface area contributed by atoms with Gasteiger partial charge >= 0.3 is 0 Å². The van der Waals surface area contributed by atoms with Gasteiger partial charge in [-0.05, 0) is 12.8 Å². The van der Waals surface area contributed by atoms with Gasteiger partial charge in [0.2, 0.25) is 10.0 Å². The lowest BCUT2D eigenvalue weighted by Crippen LogP contribution is -2.25. The van der Waals surface area contributed by atoms with Gasteiger partial charge in [0.1, 0.15) is 4.90 Å². The fraction of sp³-hybridized carbons (Fsp3) is 0.500. The Morgan fingerprint density at radius 1 is 1.59 bits per heavy atom. The van der Waals surface area contributed by atoms with Gasteiger partial charge in [0.25, 0.3) is 0 Å². The van der Waals surface area contributed by atoms with Crippen LogP contribution in [-0.4, -0.2) is 24.7 Å². The summed E-state index contributed by atoms with van der Waals surface area (Å²) in [7, 11) is -1.95. The van der Waals surface area contributed by atoms with Crippen molar-refractivity contribution in [3.63, 3.8) is 0 Å².